The summed E-state index contributed by atoms with van der Waals surface area (Å²) in [5.41, 5.74) is 0.294. The van der Waals surface area contributed by atoms with Crippen LogP contribution in [0.5, 0.6) is 0 Å². The van der Waals surface area contributed by atoms with Crippen LogP contribution in [0.25, 0.3) is 0 Å². The summed E-state index contributed by atoms with van der Waals surface area (Å²) in [7, 11) is 0. The summed E-state index contributed by atoms with van der Waals surface area (Å²) in [4.78, 5) is 13.9. The van der Waals surface area contributed by atoms with E-state index in [0.717, 1.165) is 32.4 Å². The highest BCUT2D eigenvalue weighted by Crippen LogP contribution is 2.14. The standard InChI is InChI=1S/C15H29NO2/c1-6-7-8-9-16(10-13(4)12(2)3)15(18)14(5)11-17/h12-13,17H,5-11H2,1-4H3. The summed E-state index contributed by atoms with van der Waals surface area (Å²) in [6, 6.07) is 0. The minimum atomic E-state index is -0.251. The van der Waals surface area contributed by atoms with Crippen molar-refractivity contribution in [2.75, 3.05) is 19.7 Å². The number of nitrogens with zero attached hydrogens (tertiary/aromatic N) is 1. The summed E-state index contributed by atoms with van der Waals surface area (Å²) in [5, 5.41) is 9.02. The molecule has 0 saturated carbocycles. The largest absolute Gasteiger partial charge is 0.391 e. The molecule has 0 rings (SSSR count). The molecule has 0 aromatic heterocycles. The first-order valence-corrected chi connectivity index (χ1v) is 7.01. The molecule has 18 heavy (non-hydrogen) atoms. The fraction of sp³-hybridized carbons (Fsp3) is 0.800. The zero-order valence-corrected chi connectivity index (χ0v) is 12.4. The first-order chi connectivity index (χ1) is 8.43. The molecule has 0 aromatic rings. The van der Waals surface area contributed by atoms with E-state index in [9.17, 15) is 4.79 Å². The van der Waals surface area contributed by atoms with Gasteiger partial charge in [-0.1, -0.05) is 47.1 Å². The van der Waals surface area contributed by atoms with Crippen molar-refractivity contribution in [3.05, 3.63) is 12.2 Å². The molecule has 1 unspecified atom stereocenters. The molecule has 0 bridgehead atoms. The van der Waals surface area contributed by atoms with Crippen LogP contribution in [0.3, 0.4) is 0 Å². The van der Waals surface area contributed by atoms with Gasteiger partial charge in [0.15, 0.2) is 0 Å². The van der Waals surface area contributed by atoms with Crippen molar-refractivity contribution in [2.24, 2.45) is 11.8 Å². The molecular weight excluding hydrogens is 226 g/mol. The van der Waals surface area contributed by atoms with Crippen LogP contribution in [0.1, 0.15) is 47.0 Å². The summed E-state index contributed by atoms with van der Waals surface area (Å²) in [6.07, 6.45) is 3.29. The van der Waals surface area contributed by atoms with E-state index in [1.807, 2.05) is 4.90 Å². The van der Waals surface area contributed by atoms with Crippen LogP contribution in [0, 0.1) is 11.8 Å². The smallest absolute Gasteiger partial charge is 0.251 e. The van der Waals surface area contributed by atoms with Crippen LogP contribution in [-0.2, 0) is 4.79 Å². The quantitative estimate of drug-likeness (QED) is 0.508. The number of hydrogen-bond acceptors (Lipinski definition) is 2. The lowest BCUT2D eigenvalue weighted by Gasteiger charge is -2.28. The number of hydrogen-bond donors (Lipinski definition) is 1. The zero-order chi connectivity index (χ0) is 14.1. The molecule has 3 nitrogen and oxygen atoms in total. The molecule has 0 heterocycles. The molecule has 0 aliphatic heterocycles. The molecule has 0 radical (unpaired) electrons. The summed E-state index contributed by atoms with van der Waals surface area (Å²) >= 11 is 0. The van der Waals surface area contributed by atoms with Gasteiger partial charge in [0.05, 0.1) is 6.61 Å². The maximum atomic E-state index is 12.1. The van der Waals surface area contributed by atoms with Crippen molar-refractivity contribution in [3.63, 3.8) is 0 Å². The number of aliphatic hydroxyl groups excluding tert-OH is 1. The van der Waals surface area contributed by atoms with Crippen molar-refractivity contribution in [1.29, 1.82) is 0 Å². The van der Waals surface area contributed by atoms with Crippen molar-refractivity contribution >= 4 is 5.91 Å². The highest BCUT2D eigenvalue weighted by molar-refractivity contribution is 5.93. The molecule has 106 valence electrons. The van der Waals surface area contributed by atoms with Gasteiger partial charge in [0.25, 0.3) is 5.91 Å². The van der Waals surface area contributed by atoms with Crippen molar-refractivity contribution in [1.82, 2.24) is 4.90 Å². The Hall–Kier alpha value is -0.830. The second-order valence-corrected chi connectivity index (χ2v) is 5.44. The summed E-state index contributed by atoms with van der Waals surface area (Å²) in [6.45, 7) is 13.5. The topological polar surface area (TPSA) is 40.5 Å². The Labute approximate surface area is 112 Å². The van der Waals surface area contributed by atoms with Crippen LogP contribution in [0.15, 0.2) is 12.2 Å². The van der Waals surface area contributed by atoms with Gasteiger partial charge in [-0.2, -0.15) is 0 Å². The second-order valence-electron chi connectivity index (χ2n) is 5.44. The molecule has 1 atom stereocenters. The SMILES string of the molecule is C=C(CO)C(=O)N(CCCCC)CC(C)C(C)C. The Bertz CT molecular complexity index is 261. The van der Waals surface area contributed by atoms with Crippen LogP contribution >= 0.6 is 0 Å². The van der Waals surface area contributed by atoms with E-state index in [1.165, 1.54) is 0 Å². The Balaban J connectivity index is 4.50. The van der Waals surface area contributed by atoms with Crippen molar-refractivity contribution in [2.45, 2.75) is 47.0 Å². The van der Waals surface area contributed by atoms with Crippen molar-refractivity contribution < 1.29 is 9.90 Å². The average molecular weight is 255 g/mol. The summed E-state index contributed by atoms with van der Waals surface area (Å²) < 4.78 is 0. The molecule has 0 aromatic carbocycles. The maximum absolute atomic E-state index is 12.1. The Morgan fingerprint density at radius 1 is 1.28 bits per heavy atom. The fourth-order valence-corrected chi connectivity index (χ4v) is 1.68. The van der Waals surface area contributed by atoms with Gasteiger partial charge in [-0.15, -0.1) is 0 Å². The zero-order valence-electron chi connectivity index (χ0n) is 12.4. The predicted octanol–water partition coefficient (Wildman–Crippen LogP) is 2.85. The number of aliphatic hydroxyl groups is 1. The van der Waals surface area contributed by atoms with E-state index < -0.39 is 0 Å². The van der Waals surface area contributed by atoms with Gasteiger partial charge in [-0.25, -0.2) is 0 Å². The van der Waals surface area contributed by atoms with E-state index in [2.05, 4.69) is 34.3 Å². The number of amides is 1. The van der Waals surface area contributed by atoms with E-state index in [4.69, 9.17) is 5.11 Å². The van der Waals surface area contributed by atoms with Gasteiger partial charge < -0.3 is 10.0 Å². The first-order valence-electron chi connectivity index (χ1n) is 7.01. The molecule has 0 aliphatic rings. The van der Waals surface area contributed by atoms with E-state index in [-0.39, 0.29) is 12.5 Å². The Morgan fingerprint density at radius 2 is 1.89 bits per heavy atom. The van der Waals surface area contributed by atoms with Crippen LogP contribution < -0.4 is 0 Å². The third kappa shape index (κ3) is 6.20. The third-order valence-electron chi connectivity index (χ3n) is 3.46. The van der Waals surface area contributed by atoms with E-state index in [0.29, 0.717) is 17.4 Å². The molecule has 0 spiro atoms. The van der Waals surface area contributed by atoms with Gasteiger partial charge in [-0.05, 0) is 18.3 Å². The van der Waals surface area contributed by atoms with Crippen LogP contribution in [0.2, 0.25) is 0 Å². The molecule has 0 fully saturated rings. The molecule has 3 heteroatoms. The number of rotatable bonds is 9. The highest BCUT2D eigenvalue weighted by Gasteiger charge is 2.19. The lowest BCUT2D eigenvalue weighted by molar-refractivity contribution is -0.128. The van der Waals surface area contributed by atoms with E-state index in [1.54, 1.807) is 0 Å². The average Bonchev–Trinajstić information content (AvgIpc) is 2.35. The number of unbranched alkanes of at least 4 members (excludes halogenated alkanes) is 2. The summed E-state index contributed by atoms with van der Waals surface area (Å²) in [5.74, 6) is 0.914. The lowest BCUT2D eigenvalue weighted by atomic mass is 9.97. The van der Waals surface area contributed by atoms with Crippen LogP contribution in [0.4, 0.5) is 0 Å². The predicted molar refractivity (Wildman–Crippen MR) is 76.3 cm³/mol. The molecule has 0 aliphatic carbocycles. The van der Waals surface area contributed by atoms with Gasteiger partial charge >= 0.3 is 0 Å². The third-order valence-corrected chi connectivity index (χ3v) is 3.46. The Morgan fingerprint density at radius 3 is 2.33 bits per heavy atom. The number of carbonyl (C=O) groups excluding carboxylic acids is 1. The van der Waals surface area contributed by atoms with Gasteiger partial charge in [-0.3, -0.25) is 4.79 Å². The normalized spacial score (nSPS) is 12.6. The number of carbonyl (C=O) groups is 1. The lowest BCUT2D eigenvalue weighted by Crippen LogP contribution is -2.38. The second kappa shape index (κ2) is 9.15. The van der Waals surface area contributed by atoms with Gasteiger partial charge in [0.2, 0.25) is 0 Å². The van der Waals surface area contributed by atoms with E-state index >= 15 is 0 Å². The molecule has 1 N–H and O–H groups in total. The molecule has 0 saturated heterocycles. The fourth-order valence-electron chi connectivity index (χ4n) is 1.68. The first kappa shape index (κ1) is 17.2. The minimum Gasteiger partial charge on any atom is -0.391 e. The van der Waals surface area contributed by atoms with Gasteiger partial charge in [0, 0.05) is 18.7 Å². The van der Waals surface area contributed by atoms with Crippen LogP contribution in [-0.4, -0.2) is 35.6 Å². The van der Waals surface area contributed by atoms with Crippen molar-refractivity contribution in [3.8, 4) is 0 Å². The minimum absolute atomic E-state index is 0.0962. The van der Waals surface area contributed by atoms with Gasteiger partial charge in [0.1, 0.15) is 0 Å². The maximum Gasteiger partial charge on any atom is 0.251 e. The monoisotopic (exact) mass is 255 g/mol. The highest BCUT2D eigenvalue weighted by atomic mass is 16.3. The molecule has 1 amide bonds. The Kier molecular flexibility index (Phi) is 8.73. The molecular formula is C15H29NO2.